The van der Waals surface area contributed by atoms with Gasteiger partial charge in [0.25, 0.3) is 0 Å². The highest BCUT2D eigenvalue weighted by atomic mass is 32.2. The van der Waals surface area contributed by atoms with Gasteiger partial charge in [-0.05, 0) is 68.1 Å². The van der Waals surface area contributed by atoms with Crippen LogP contribution < -0.4 is 0 Å². The number of phenols is 1. The fourth-order valence-corrected chi connectivity index (χ4v) is 7.48. The van der Waals surface area contributed by atoms with Crippen LogP contribution in [0.3, 0.4) is 0 Å². The lowest BCUT2D eigenvalue weighted by Crippen LogP contribution is -2.48. The molecule has 3 fully saturated rings. The van der Waals surface area contributed by atoms with Gasteiger partial charge in [-0.3, -0.25) is 14.5 Å². The van der Waals surface area contributed by atoms with Crippen molar-refractivity contribution in [1.82, 2.24) is 9.80 Å². The van der Waals surface area contributed by atoms with Gasteiger partial charge in [0, 0.05) is 31.7 Å². The maximum Gasteiger partial charge on any atom is 0.318 e. The van der Waals surface area contributed by atoms with Crippen LogP contribution in [0.5, 0.6) is 5.75 Å². The van der Waals surface area contributed by atoms with E-state index in [4.69, 9.17) is 5.11 Å². The van der Waals surface area contributed by atoms with Crippen LogP contribution in [0.25, 0.3) is 0 Å². The largest absolute Gasteiger partial charge is 0.508 e. The van der Waals surface area contributed by atoms with Crippen LogP contribution >= 0.6 is 0 Å². The molecule has 1 aliphatic carbocycles. The molecule has 3 aliphatic rings. The highest BCUT2D eigenvalue weighted by molar-refractivity contribution is 7.92. The van der Waals surface area contributed by atoms with E-state index < -0.39 is 33.2 Å². The fourth-order valence-electron chi connectivity index (χ4n) is 6.44. The summed E-state index contributed by atoms with van der Waals surface area (Å²) in [5, 5.41) is 18.8. The van der Waals surface area contributed by atoms with Crippen molar-refractivity contribution in [1.29, 1.82) is 0 Å². The highest BCUT2D eigenvalue weighted by Gasteiger charge is 2.41. The lowest BCUT2D eigenvalue weighted by Gasteiger charge is -2.40. The van der Waals surface area contributed by atoms with Crippen molar-refractivity contribution in [2.45, 2.75) is 75.8 Å². The molecule has 0 unspecified atom stereocenters. The normalized spacial score (nSPS) is 25.4. The van der Waals surface area contributed by atoms with Crippen LogP contribution in [0.2, 0.25) is 0 Å². The molecule has 0 aromatic heterocycles. The standard InChI is InChI=1S/C26H38N2O6S/c29-24-8-4-7-20(15-24)21-13-22-9-10-23(14-21)28(22)12-11-27(16-19-5-2-1-3-6-19)25(30)17-35(33,34)18-26(31)32/h4,7-8,15,19,21-23,29H,1-3,5-6,9-14,16-18H2,(H,31,32)/t21-,22+,23-. The maximum atomic E-state index is 13.0. The second-order valence-corrected chi connectivity index (χ2v) is 12.7. The van der Waals surface area contributed by atoms with Gasteiger partial charge in [-0.25, -0.2) is 8.42 Å². The van der Waals surface area contributed by atoms with Gasteiger partial charge in [0.05, 0.1) is 0 Å². The number of carbonyl (C=O) groups excluding carboxylic acids is 1. The summed E-state index contributed by atoms with van der Waals surface area (Å²) in [4.78, 5) is 28.1. The molecule has 3 atom stereocenters. The molecular weight excluding hydrogens is 468 g/mol. The third kappa shape index (κ3) is 6.97. The molecule has 1 amide bonds. The smallest absolute Gasteiger partial charge is 0.318 e. The number of hydrogen-bond acceptors (Lipinski definition) is 6. The molecule has 0 spiro atoms. The average Bonchev–Trinajstić information content (AvgIpc) is 3.02. The number of rotatable bonds is 10. The van der Waals surface area contributed by atoms with Crippen LogP contribution in [-0.4, -0.2) is 83.5 Å². The molecule has 1 saturated carbocycles. The topological polar surface area (TPSA) is 115 Å². The molecule has 0 radical (unpaired) electrons. The zero-order valence-corrected chi connectivity index (χ0v) is 21.2. The number of aliphatic carboxylic acids is 1. The molecular formula is C26H38N2O6S. The molecule has 2 saturated heterocycles. The second kappa shape index (κ2) is 11.3. The Morgan fingerprint density at radius 2 is 1.69 bits per heavy atom. The number of carboxylic acid groups (broad SMARTS) is 1. The van der Waals surface area contributed by atoms with Gasteiger partial charge in [0.2, 0.25) is 5.91 Å². The SMILES string of the molecule is O=C(O)CS(=O)(=O)CC(=O)N(CCN1[C@@H]2CC[C@H]1C[C@@H](c1cccc(O)c1)C2)CC1CCCCC1. The number of carboxylic acids is 1. The number of nitrogens with zero attached hydrogens (tertiary/aromatic N) is 2. The van der Waals surface area contributed by atoms with Crippen molar-refractivity contribution < 1.29 is 28.2 Å². The first-order valence-electron chi connectivity index (χ1n) is 12.9. The van der Waals surface area contributed by atoms with E-state index in [0.717, 1.165) is 51.4 Å². The first-order valence-corrected chi connectivity index (χ1v) is 14.8. The van der Waals surface area contributed by atoms with Crippen molar-refractivity contribution in [2.24, 2.45) is 5.92 Å². The first kappa shape index (κ1) is 25.9. The molecule has 2 heterocycles. The summed E-state index contributed by atoms with van der Waals surface area (Å²) < 4.78 is 24.4. The highest BCUT2D eigenvalue weighted by Crippen LogP contribution is 2.43. The Morgan fingerprint density at radius 3 is 2.31 bits per heavy atom. The molecule has 1 aromatic rings. The summed E-state index contributed by atoms with van der Waals surface area (Å²) in [5.74, 6) is -2.56. The first-order chi connectivity index (χ1) is 16.7. The van der Waals surface area contributed by atoms with E-state index in [0.29, 0.717) is 49.3 Å². The van der Waals surface area contributed by atoms with Crippen molar-refractivity contribution >= 4 is 21.7 Å². The maximum absolute atomic E-state index is 13.0. The van der Waals surface area contributed by atoms with Gasteiger partial charge in [-0.2, -0.15) is 0 Å². The van der Waals surface area contributed by atoms with Crippen molar-refractivity contribution in [3.8, 4) is 5.75 Å². The summed E-state index contributed by atoms with van der Waals surface area (Å²) in [6, 6.07) is 8.38. The van der Waals surface area contributed by atoms with Crippen molar-refractivity contribution in [3.63, 3.8) is 0 Å². The lowest BCUT2D eigenvalue weighted by molar-refractivity contribution is -0.134. The summed E-state index contributed by atoms with van der Waals surface area (Å²) in [6.45, 7) is 1.73. The number of benzene rings is 1. The van der Waals surface area contributed by atoms with Gasteiger partial charge >= 0.3 is 5.97 Å². The Hall–Kier alpha value is -2.13. The number of phenolic OH excluding ortho intramolecular Hbond substituents is 1. The number of piperidine rings is 1. The minimum absolute atomic E-state index is 0.298. The van der Waals surface area contributed by atoms with E-state index in [1.165, 1.54) is 12.0 Å². The number of carbonyl (C=O) groups is 2. The Bertz CT molecular complexity index is 993. The summed E-state index contributed by atoms with van der Waals surface area (Å²) in [5.41, 5.74) is 1.18. The van der Waals surface area contributed by atoms with E-state index in [2.05, 4.69) is 11.0 Å². The minimum Gasteiger partial charge on any atom is -0.508 e. The van der Waals surface area contributed by atoms with Crippen LogP contribution in [-0.2, 0) is 19.4 Å². The Labute approximate surface area is 208 Å². The summed E-state index contributed by atoms with van der Waals surface area (Å²) in [6.07, 6.45) is 9.83. The minimum atomic E-state index is -3.98. The third-order valence-corrected chi connectivity index (χ3v) is 9.47. The van der Waals surface area contributed by atoms with Crippen LogP contribution in [0.4, 0.5) is 0 Å². The van der Waals surface area contributed by atoms with Crippen molar-refractivity contribution in [2.75, 3.05) is 31.1 Å². The Kier molecular flexibility index (Phi) is 8.37. The zero-order valence-electron chi connectivity index (χ0n) is 20.3. The quantitative estimate of drug-likeness (QED) is 0.501. The molecule has 4 rings (SSSR count). The Morgan fingerprint density at radius 1 is 1.00 bits per heavy atom. The van der Waals surface area contributed by atoms with E-state index >= 15 is 0 Å². The van der Waals surface area contributed by atoms with Crippen molar-refractivity contribution in [3.05, 3.63) is 29.8 Å². The van der Waals surface area contributed by atoms with Gasteiger partial charge in [-0.1, -0.05) is 31.4 Å². The number of hydrogen-bond donors (Lipinski definition) is 2. The number of sulfone groups is 1. The molecule has 8 nitrogen and oxygen atoms in total. The van der Waals surface area contributed by atoms with E-state index in [1.807, 2.05) is 12.1 Å². The number of amides is 1. The van der Waals surface area contributed by atoms with Gasteiger partial charge in [0.15, 0.2) is 9.84 Å². The molecule has 2 N–H and O–H groups in total. The Balaban J connectivity index is 1.39. The second-order valence-electron chi connectivity index (χ2n) is 10.7. The number of aromatic hydroxyl groups is 1. The van der Waals surface area contributed by atoms with Gasteiger partial charge in [-0.15, -0.1) is 0 Å². The monoisotopic (exact) mass is 506 g/mol. The zero-order chi connectivity index (χ0) is 25.0. The van der Waals surface area contributed by atoms with Crippen LogP contribution in [0, 0.1) is 5.92 Å². The molecule has 35 heavy (non-hydrogen) atoms. The van der Waals surface area contributed by atoms with Crippen LogP contribution in [0.1, 0.15) is 69.3 Å². The van der Waals surface area contributed by atoms with Gasteiger partial charge in [0.1, 0.15) is 17.3 Å². The molecule has 1 aromatic carbocycles. The molecule has 194 valence electrons. The number of fused-ring (bicyclic) bond motifs is 2. The average molecular weight is 507 g/mol. The predicted molar refractivity (Wildman–Crippen MR) is 133 cm³/mol. The predicted octanol–water partition coefficient (Wildman–Crippen LogP) is 3.01. The van der Waals surface area contributed by atoms with E-state index in [9.17, 15) is 23.1 Å². The third-order valence-electron chi connectivity index (χ3n) is 8.10. The van der Waals surface area contributed by atoms with E-state index in [1.54, 1.807) is 11.0 Å². The summed E-state index contributed by atoms with van der Waals surface area (Å²) >= 11 is 0. The van der Waals surface area contributed by atoms with Gasteiger partial charge < -0.3 is 15.1 Å². The van der Waals surface area contributed by atoms with E-state index in [-0.39, 0.29) is 0 Å². The lowest BCUT2D eigenvalue weighted by atomic mass is 9.85. The summed E-state index contributed by atoms with van der Waals surface area (Å²) in [7, 11) is -3.98. The fraction of sp³-hybridized carbons (Fsp3) is 0.692. The molecule has 9 heteroatoms. The van der Waals surface area contributed by atoms with Crippen LogP contribution in [0.15, 0.2) is 24.3 Å². The molecule has 2 aliphatic heterocycles. The molecule has 2 bridgehead atoms.